The lowest BCUT2D eigenvalue weighted by molar-refractivity contribution is 0.0245. The van der Waals surface area contributed by atoms with E-state index in [1.165, 1.54) is 25.7 Å². The topological polar surface area (TPSA) is 48.1 Å². The monoisotopic (exact) mass is 234 g/mol. The van der Waals surface area contributed by atoms with Crippen molar-refractivity contribution in [1.82, 2.24) is 4.98 Å². The smallest absolute Gasteiger partial charge is 0.0974 e. The highest BCUT2D eigenvalue weighted by molar-refractivity contribution is 5.14. The first kappa shape index (κ1) is 12.5. The molecule has 0 amide bonds. The lowest BCUT2D eigenvalue weighted by atomic mass is 9.83. The van der Waals surface area contributed by atoms with Gasteiger partial charge in [0.25, 0.3) is 0 Å². The SMILES string of the molecule is CC(N)C(OCCC1CCC1)c1ccncc1. The van der Waals surface area contributed by atoms with Gasteiger partial charge in [0.2, 0.25) is 0 Å². The summed E-state index contributed by atoms with van der Waals surface area (Å²) in [7, 11) is 0. The van der Waals surface area contributed by atoms with Gasteiger partial charge in [-0.3, -0.25) is 4.98 Å². The third-order valence-electron chi connectivity index (χ3n) is 3.56. The molecule has 94 valence electrons. The molecular weight excluding hydrogens is 212 g/mol. The maximum atomic E-state index is 5.99. The van der Waals surface area contributed by atoms with Crippen molar-refractivity contribution < 1.29 is 4.74 Å². The van der Waals surface area contributed by atoms with Crippen molar-refractivity contribution in [3.63, 3.8) is 0 Å². The number of hydrogen-bond donors (Lipinski definition) is 1. The van der Waals surface area contributed by atoms with E-state index in [1.807, 2.05) is 19.1 Å². The molecule has 0 radical (unpaired) electrons. The zero-order valence-electron chi connectivity index (χ0n) is 10.5. The summed E-state index contributed by atoms with van der Waals surface area (Å²) in [6.07, 6.45) is 8.90. The van der Waals surface area contributed by atoms with Gasteiger partial charge in [0.05, 0.1) is 6.10 Å². The van der Waals surface area contributed by atoms with Crippen LogP contribution in [0.15, 0.2) is 24.5 Å². The molecule has 0 saturated heterocycles. The Morgan fingerprint density at radius 2 is 2.12 bits per heavy atom. The molecule has 1 saturated carbocycles. The number of nitrogens with two attached hydrogens (primary N) is 1. The molecule has 0 aliphatic heterocycles. The van der Waals surface area contributed by atoms with Crippen LogP contribution >= 0.6 is 0 Å². The molecule has 17 heavy (non-hydrogen) atoms. The Balaban J connectivity index is 1.84. The lowest BCUT2D eigenvalue weighted by Crippen LogP contribution is -2.28. The Morgan fingerprint density at radius 3 is 2.65 bits per heavy atom. The predicted molar refractivity (Wildman–Crippen MR) is 68.5 cm³/mol. The molecule has 0 bridgehead atoms. The third-order valence-corrected chi connectivity index (χ3v) is 3.56. The molecule has 0 aromatic carbocycles. The quantitative estimate of drug-likeness (QED) is 0.823. The Morgan fingerprint density at radius 1 is 1.41 bits per heavy atom. The van der Waals surface area contributed by atoms with E-state index in [-0.39, 0.29) is 12.1 Å². The van der Waals surface area contributed by atoms with Crippen LogP contribution in [0.1, 0.15) is 44.3 Å². The minimum Gasteiger partial charge on any atom is -0.372 e. The average molecular weight is 234 g/mol. The third kappa shape index (κ3) is 3.51. The second-order valence-corrected chi connectivity index (χ2v) is 5.02. The van der Waals surface area contributed by atoms with E-state index in [0.29, 0.717) is 0 Å². The van der Waals surface area contributed by atoms with E-state index < -0.39 is 0 Å². The number of pyridine rings is 1. The van der Waals surface area contributed by atoms with Gasteiger partial charge in [0, 0.05) is 25.0 Å². The van der Waals surface area contributed by atoms with Crippen LogP contribution in [-0.4, -0.2) is 17.6 Å². The van der Waals surface area contributed by atoms with Crippen LogP contribution in [0.4, 0.5) is 0 Å². The molecule has 0 spiro atoms. The minimum atomic E-state index is -0.00178. The normalized spacial score (nSPS) is 19.6. The first-order valence-corrected chi connectivity index (χ1v) is 6.54. The number of ether oxygens (including phenoxy) is 1. The van der Waals surface area contributed by atoms with Crippen LogP contribution in [-0.2, 0) is 4.74 Å². The van der Waals surface area contributed by atoms with Gasteiger partial charge in [0.1, 0.15) is 0 Å². The zero-order chi connectivity index (χ0) is 12.1. The number of hydrogen-bond acceptors (Lipinski definition) is 3. The van der Waals surface area contributed by atoms with Gasteiger partial charge in [-0.25, -0.2) is 0 Å². The highest BCUT2D eigenvalue weighted by atomic mass is 16.5. The van der Waals surface area contributed by atoms with E-state index in [0.717, 1.165) is 18.1 Å². The van der Waals surface area contributed by atoms with Gasteiger partial charge in [-0.1, -0.05) is 19.3 Å². The van der Waals surface area contributed by atoms with Gasteiger partial charge < -0.3 is 10.5 Å². The first-order valence-electron chi connectivity index (χ1n) is 6.54. The van der Waals surface area contributed by atoms with E-state index in [2.05, 4.69) is 4.98 Å². The van der Waals surface area contributed by atoms with E-state index in [4.69, 9.17) is 10.5 Å². The summed E-state index contributed by atoms with van der Waals surface area (Å²) in [5.74, 6) is 0.890. The summed E-state index contributed by atoms with van der Waals surface area (Å²) < 4.78 is 5.94. The molecule has 1 aromatic rings. The van der Waals surface area contributed by atoms with Crippen molar-refractivity contribution in [3.8, 4) is 0 Å². The summed E-state index contributed by atoms with van der Waals surface area (Å²) in [5.41, 5.74) is 7.11. The van der Waals surface area contributed by atoms with Crippen molar-refractivity contribution in [1.29, 1.82) is 0 Å². The lowest BCUT2D eigenvalue weighted by Gasteiger charge is -2.27. The molecule has 2 rings (SSSR count). The molecule has 3 nitrogen and oxygen atoms in total. The number of aromatic nitrogens is 1. The summed E-state index contributed by atoms with van der Waals surface area (Å²) in [6, 6.07) is 3.98. The average Bonchev–Trinajstić information content (AvgIpc) is 2.27. The predicted octanol–water partition coefficient (Wildman–Crippen LogP) is 2.68. The summed E-state index contributed by atoms with van der Waals surface area (Å²) in [6.45, 7) is 2.81. The summed E-state index contributed by atoms with van der Waals surface area (Å²) >= 11 is 0. The Labute approximate surface area is 103 Å². The van der Waals surface area contributed by atoms with Crippen LogP contribution in [0.3, 0.4) is 0 Å². The molecule has 1 aliphatic rings. The van der Waals surface area contributed by atoms with Crippen molar-refractivity contribution >= 4 is 0 Å². The highest BCUT2D eigenvalue weighted by Crippen LogP contribution is 2.30. The fraction of sp³-hybridized carbons (Fsp3) is 0.643. The Kier molecular flexibility index (Phi) is 4.51. The molecule has 2 unspecified atom stereocenters. The summed E-state index contributed by atoms with van der Waals surface area (Å²) in [5, 5.41) is 0. The highest BCUT2D eigenvalue weighted by Gasteiger charge is 2.20. The molecule has 1 aromatic heterocycles. The van der Waals surface area contributed by atoms with E-state index >= 15 is 0 Å². The van der Waals surface area contributed by atoms with Crippen LogP contribution in [0, 0.1) is 5.92 Å². The van der Waals surface area contributed by atoms with Crippen LogP contribution in [0.25, 0.3) is 0 Å². The molecule has 1 fully saturated rings. The number of nitrogens with zero attached hydrogens (tertiary/aromatic N) is 1. The maximum absolute atomic E-state index is 5.99. The van der Waals surface area contributed by atoms with Gasteiger partial charge in [-0.2, -0.15) is 0 Å². The second-order valence-electron chi connectivity index (χ2n) is 5.02. The van der Waals surface area contributed by atoms with Gasteiger partial charge in [-0.15, -0.1) is 0 Å². The zero-order valence-corrected chi connectivity index (χ0v) is 10.5. The molecule has 2 atom stereocenters. The maximum Gasteiger partial charge on any atom is 0.0974 e. The van der Waals surface area contributed by atoms with Crippen molar-refractivity contribution in [2.24, 2.45) is 11.7 Å². The molecule has 1 aliphatic carbocycles. The van der Waals surface area contributed by atoms with E-state index in [1.54, 1.807) is 12.4 Å². The minimum absolute atomic E-state index is 0.00178. The van der Waals surface area contributed by atoms with Crippen molar-refractivity contribution in [2.75, 3.05) is 6.61 Å². The second kappa shape index (κ2) is 6.12. The van der Waals surface area contributed by atoms with Crippen LogP contribution in [0.2, 0.25) is 0 Å². The standard InChI is InChI=1S/C14H22N2O/c1-11(15)14(13-5-8-16-9-6-13)17-10-7-12-3-2-4-12/h5-6,8-9,11-12,14H,2-4,7,10,15H2,1H3. The van der Waals surface area contributed by atoms with Crippen molar-refractivity contribution in [3.05, 3.63) is 30.1 Å². The first-order chi connectivity index (χ1) is 8.27. The molecular formula is C14H22N2O. The van der Waals surface area contributed by atoms with Crippen LogP contribution in [0.5, 0.6) is 0 Å². The van der Waals surface area contributed by atoms with Crippen LogP contribution < -0.4 is 5.73 Å². The largest absolute Gasteiger partial charge is 0.372 e. The Hall–Kier alpha value is -0.930. The molecule has 1 heterocycles. The van der Waals surface area contributed by atoms with Gasteiger partial charge >= 0.3 is 0 Å². The fourth-order valence-corrected chi connectivity index (χ4v) is 2.25. The van der Waals surface area contributed by atoms with Crippen molar-refractivity contribution in [2.45, 2.75) is 44.8 Å². The Bertz CT molecular complexity index is 322. The molecule has 2 N–H and O–H groups in total. The van der Waals surface area contributed by atoms with E-state index in [9.17, 15) is 0 Å². The molecule has 3 heteroatoms. The fourth-order valence-electron chi connectivity index (χ4n) is 2.25. The summed E-state index contributed by atoms with van der Waals surface area (Å²) in [4.78, 5) is 4.02. The van der Waals surface area contributed by atoms with Gasteiger partial charge in [-0.05, 0) is 37.0 Å². The number of rotatable bonds is 6. The van der Waals surface area contributed by atoms with Gasteiger partial charge in [0.15, 0.2) is 0 Å².